The van der Waals surface area contributed by atoms with E-state index in [0.29, 0.717) is 33.8 Å². The van der Waals surface area contributed by atoms with Crippen LogP contribution in [0.1, 0.15) is 11.1 Å². The van der Waals surface area contributed by atoms with Crippen molar-refractivity contribution in [3.05, 3.63) is 129 Å². The Morgan fingerprint density at radius 3 is 1.55 bits per heavy atom. The highest BCUT2D eigenvalue weighted by Crippen LogP contribution is 2.26. The molecule has 0 radical (unpaired) electrons. The third-order valence-electron chi connectivity index (χ3n) is 6.81. The van der Waals surface area contributed by atoms with Crippen LogP contribution >= 0.6 is 0 Å². The van der Waals surface area contributed by atoms with Crippen LogP contribution in [0.25, 0.3) is 44.2 Å². The van der Waals surface area contributed by atoms with Gasteiger partial charge in [-0.25, -0.2) is 9.59 Å². The zero-order valence-corrected chi connectivity index (χ0v) is 24.9. The highest BCUT2D eigenvalue weighted by atomic mass is 16.7. The first kappa shape index (κ1) is 30.3. The summed E-state index contributed by atoms with van der Waals surface area (Å²) in [5.74, 6) is 1.24. The largest absolute Gasteiger partial charge is 0.468 e. The predicted octanol–water partition coefficient (Wildman–Crippen LogP) is 7.50. The van der Waals surface area contributed by atoms with Crippen molar-refractivity contribution in [3.8, 4) is 33.8 Å². The van der Waals surface area contributed by atoms with E-state index in [1.165, 1.54) is 5.56 Å². The molecule has 0 aliphatic carbocycles. The van der Waals surface area contributed by atoms with E-state index in [-0.39, 0.29) is 19.2 Å². The maximum Gasteiger partial charge on any atom is 0.344 e. The monoisotopic (exact) mass is 592 g/mol. The Kier molecular flexibility index (Phi) is 9.54. The van der Waals surface area contributed by atoms with E-state index in [0.717, 1.165) is 27.5 Å². The molecule has 0 fully saturated rings. The molecule has 8 heteroatoms. The number of rotatable bonds is 8. The first-order chi connectivity index (χ1) is 21.3. The average Bonchev–Trinajstić information content (AvgIpc) is 3.03. The Morgan fingerprint density at radius 1 is 0.523 bits per heavy atom. The van der Waals surface area contributed by atoms with E-state index in [1.54, 1.807) is 56.7 Å². The second-order valence-electron chi connectivity index (χ2n) is 10.1. The first-order valence-corrected chi connectivity index (χ1v) is 13.9. The van der Waals surface area contributed by atoms with Crippen molar-refractivity contribution in [2.45, 2.75) is 13.8 Å². The van der Waals surface area contributed by atoms with Crippen LogP contribution < -0.4 is 20.7 Å². The molecule has 2 aromatic heterocycles. The van der Waals surface area contributed by atoms with Crippen molar-refractivity contribution in [2.75, 3.05) is 27.8 Å². The van der Waals surface area contributed by atoms with E-state index in [9.17, 15) is 9.59 Å². The van der Waals surface area contributed by atoms with Gasteiger partial charge in [-0.1, -0.05) is 54.1 Å². The van der Waals surface area contributed by atoms with E-state index in [2.05, 4.69) is 0 Å². The summed E-state index contributed by atoms with van der Waals surface area (Å²) in [4.78, 5) is 24.4. The van der Waals surface area contributed by atoms with Crippen molar-refractivity contribution in [1.29, 1.82) is 0 Å². The van der Waals surface area contributed by atoms with Crippen molar-refractivity contribution in [2.24, 2.45) is 0 Å². The molecule has 0 saturated heterocycles. The molecule has 0 saturated carbocycles. The zero-order chi connectivity index (χ0) is 31.1. The number of hydrogen-bond donors (Lipinski definition) is 0. The van der Waals surface area contributed by atoms with Crippen LogP contribution in [-0.4, -0.2) is 27.8 Å². The van der Waals surface area contributed by atoms with Gasteiger partial charge in [0.1, 0.15) is 22.7 Å². The fourth-order valence-corrected chi connectivity index (χ4v) is 4.52. The van der Waals surface area contributed by atoms with Gasteiger partial charge in [-0.15, -0.1) is 0 Å². The molecule has 2 heterocycles. The molecule has 224 valence electrons. The van der Waals surface area contributed by atoms with Gasteiger partial charge in [0.05, 0.1) is 11.1 Å². The Morgan fingerprint density at radius 2 is 0.977 bits per heavy atom. The van der Waals surface area contributed by atoms with Gasteiger partial charge in [0.25, 0.3) is 0 Å². The van der Waals surface area contributed by atoms with Crippen LogP contribution in [0.3, 0.4) is 0 Å². The molecule has 0 aliphatic heterocycles. The Hall–Kier alpha value is -5.18. The smallest absolute Gasteiger partial charge is 0.344 e. The Balaban J connectivity index is 0.000000181. The molecule has 6 aromatic rings. The van der Waals surface area contributed by atoms with Crippen LogP contribution in [0, 0.1) is 13.8 Å². The molecule has 0 spiro atoms. The summed E-state index contributed by atoms with van der Waals surface area (Å²) in [7, 11) is 3.10. The van der Waals surface area contributed by atoms with Gasteiger partial charge in [0.2, 0.25) is 0 Å². The van der Waals surface area contributed by atoms with Crippen molar-refractivity contribution >= 4 is 21.9 Å². The number of fused-ring (bicyclic) bond motifs is 2. The quantitative estimate of drug-likeness (QED) is 0.132. The molecule has 0 N–H and O–H groups in total. The molecule has 8 nitrogen and oxygen atoms in total. The van der Waals surface area contributed by atoms with Crippen molar-refractivity contribution in [3.63, 3.8) is 0 Å². The molecular weight excluding hydrogens is 560 g/mol. The normalized spacial score (nSPS) is 10.8. The van der Waals surface area contributed by atoms with Crippen molar-refractivity contribution in [1.82, 2.24) is 0 Å². The summed E-state index contributed by atoms with van der Waals surface area (Å²) in [6, 6.07) is 29.9. The molecule has 0 bridgehead atoms. The lowest BCUT2D eigenvalue weighted by Crippen LogP contribution is -2.03. The number of hydrogen-bond acceptors (Lipinski definition) is 8. The SMILES string of the molecule is COCOc1ccc(-c2cc3ccc(OCOC)cc3oc2=O)cc1.Cc1ccc(-c2cc3ccc(C)cc3oc2=O)cc1. The predicted molar refractivity (Wildman–Crippen MR) is 170 cm³/mol. The second kappa shape index (κ2) is 13.9. The minimum atomic E-state index is -0.415. The molecule has 0 unspecified atom stereocenters. The van der Waals surface area contributed by atoms with Gasteiger partial charge in [0.15, 0.2) is 13.6 Å². The fraction of sp³-hybridized carbons (Fsp3) is 0.167. The van der Waals surface area contributed by atoms with E-state index in [1.807, 2.05) is 68.4 Å². The highest BCUT2D eigenvalue weighted by molar-refractivity contribution is 5.83. The van der Waals surface area contributed by atoms with Gasteiger partial charge in [0, 0.05) is 31.1 Å². The lowest BCUT2D eigenvalue weighted by molar-refractivity contribution is 0.0510. The van der Waals surface area contributed by atoms with E-state index in [4.69, 9.17) is 27.8 Å². The summed E-state index contributed by atoms with van der Waals surface area (Å²) < 4.78 is 31.3. The van der Waals surface area contributed by atoms with Crippen LogP contribution in [0.15, 0.2) is 115 Å². The van der Waals surface area contributed by atoms with Crippen molar-refractivity contribution < 1.29 is 27.8 Å². The topological polar surface area (TPSA) is 97.3 Å². The molecule has 0 amide bonds. The molecule has 0 aliphatic rings. The van der Waals surface area contributed by atoms with E-state index < -0.39 is 5.63 Å². The summed E-state index contributed by atoms with van der Waals surface area (Å²) in [6.45, 7) is 4.30. The third-order valence-corrected chi connectivity index (χ3v) is 6.81. The average molecular weight is 593 g/mol. The maximum atomic E-state index is 12.3. The highest BCUT2D eigenvalue weighted by Gasteiger charge is 2.10. The fourth-order valence-electron chi connectivity index (χ4n) is 4.52. The van der Waals surface area contributed by atoms with E-state index >= 15 is 0 Å². The number of methoxy groups -OCH3 is 2. The minimum Gasteiger partial charge on any atom is -0.468 e. The number of ether oxygens (including phenoxy) is 4. The molecule has 0 atom stereocenters. The lowest BCUT2D eigenvalue weighted by atomic mass is 10.0. The van der Waals surface area contributed by atoms with Gasteiger partial charge in [-0.3, -0.25) is 0 Å². The van der Waals surface area contributed by atoms with Gasteiger partial charge in [-0.05, 0) is 73.0 Å². The maximum absolute atomic E-state index is 12.3. The summed E-state index contributed by atoms with van der Waals surface area (Å²) in [6.07, 6.45) is 0. The second-order valence-corrected chi connectivity index (χ2v) is 10.1. The summed E-state index contributed by atoms with van der Waals surface area (Å²) in [5, 5.41) is 1.75. The van der Waals surface area contributed by atoms with Crippen LogP contribution in [-0.2, 0) is 9.47 Å². The van der Waals surface area contributed by atoms with Crippen LogP contribution in [0.5, 0.6) is 11.5 Å². The lowest BCUT2D eigenvalue weighted by Gasteiger charge is -2.07. The minimum absolute atomic E-state index is 0.130. The first-order valence-electron chi connectivity index (χ1n) is 13.9. The third kappa shape index (κ3) is 7.23. The van der Waals surface area contributed by atoms with Gasteiger partial charge >= 0.3 is 11.3 Å². The standard InChI is InChI=1S/C19H18O6.C17H14O2/c1-21-11-23-15-6-3-13(4-7-15)17-9-14-5-8-16(24-12-22-2)10-18(14)25-19(17)20;1-11-3-6-13(7-4-11)15-10-14-8-5-12(2)9-16(14)19-17(15)18/h3-10H,11-12H2,1-2H3;3-10H,1-2H3. The number of aryl methyl sites for hydroxylation is 2. The number of benzene rings is 4. The molecule has 4 aromatic carbocycles. The Labute approximate surface area is 254 Å². The Bertz CT molecular complexity index is 1990. The van der Waals surface area contributed by atoms with Crippen LogP contribution in [0.2, 0.25) is 0 Å². The molecular formula is C36H32O8. The molecule has 6 rings (SSSR count). The summed E-state index contributed by atoms with van der Waals surface area (Å²) in [5.41, 5.74) is 5.38. The molecule has 44 heavy (non-hydrogen) atoms. The zero-order valence-electron chi connectivity index (χ0n) is 24.9. The van der Waals surface area contributed by atoms with Gasteiger partial charge in [-0.2, -0.15) is 0 Å². The van der Waals surface area contributed by atoms with Gasteiger partial charge < -0.3 is 27.8 Å². The summed E-state index contributed by atoms with van der Waals surface area (Å²) >= 11 is 0. The van der Waals surface area contributed by atoms with Crippen LogP contribution in [0.4, 0.5) is 0 Å².